The molecule has 3 aromatic rings. The molecule has 1 heterocycles. The van der Waals surface area contributed by atoms with E-state index in [0.717, 1.165) is 15.1 Å². The van der Waals surface area contributed by atoms with Gasteiger partial charge < -0.3 is 10.1 Å². The van der Waals surface area contributed by atoms with Gasteiger partial charge in [0.1, 0.15) is 11.3 Å². The number of halogens is 2. The summed E-state index contributed by atoms with van der Waals surface area (Å²) in [5.41, 5.74) is 1.65. The average molecular weight is 429 g/mol. The fraction of sp³-hybridized carbons (Fsp3) is 0.0714. The van der Waals surface area contributed by atoms with Gasteiger partial charge in [0.05, 0.1) is 28.7 Å². The smallest absolute Gasteiger partial charge is 0.340 e. The number of benzene rings is 2. The van der Waals surface area contributed by atoms with Crippen LogP contribution in [0.3, 0.4) is 0 Å². The minimum atomic E-state index is -0.510. The van der Waals surface area contributed by atoms with Crippen molar-refractivity contribution < 1.29 is 13.9 Å². The number of aromatic nitrogens is 2. The number of carbonyl (C=O) groups is 1. The summed E-state index contributed by atoms with van der Waals surface area (Å²) >= 11 is 3.16. The Bertz CT molecular complexity index is 868. The van der Waals surface area contributed by atoms with Gasteiger partial charge in [0.2, 0.25) is 0 Å². The van der Waals surface area contributed by atoms with Crippen LogP contribution < -0.4 is 5.32 Å². The second-order valence-electron chi connectivity index (χ2n) is 4.35. The highest BCUT2D eigenvalue weighted by Gasteiger charge is 2.18. The Hall–Kier alpha value is -1.81. The molecule has 5 nitrogen and oxygen atoms in total. The van der Waals surface area contributed by atoms with Crippen molar-refractivity contribution in [2.45, 2.75) is 0 Å². The van der Waals surface area contributed by atoms with Crippen LogP contribution in [-0.4, -0.2) is 22.7 Å². The van der Waals surface area contributed by atoms with E-state index < -0.39 is 11.8 Å². The number of nitrogens with one attached hydrogen (secondary N) is 1. The van der Waals surface area contributed by atoms with Gasteiger partial charge in [0, 0.05) is 3.57 Å². The molecule has 0 saturated heterocycles. The highest BCUT2D eigenvalue weighted by molar-refractivity contribution is 14.1. The summed E-state index contributed by atoms with van der Waals surface area (Å²) in [4.78, 5) is 11.9. The van der Waals surface area contributed by atoms with Crippen LogP contribution in [0.15, 0.2) is 30.3 Å². The maximum Gasteiger partial charge on any atom is 0.340 e. The van der Waals surface area contributed by atoms with Gasteiger partial charge in [-0.2, -0.15) is 0 Å². The predicted octanol–water partition coefficient (Wildman–Crippen LogP) is 3.97. The van der Waals surface area contributed by atoms with Crippen LogP contribution in [0.5, 0.6) is 0 Å². The van der Waals surface area contributed by atoms with E-state index in [1.807, 2.05) is 22.6 Å². The van der Waals surface area contributed by atoms with Crippen LogP contribution in [0, 0.1) is 9.39 Å². The number of anilines is 2. The first-order valence-corrected chi connectivity index (χ1v) is 8.01. The number of rotatable bonds is 3. The molecular formula is C14H9FIN3O2S. The summed E-state index contributed by atoms with van der Waals surface area (Å²) in [7, 11) is 1.30. The normalized spacial score (nSPS) is 10.7. The molecule has 0 aliphatic rings. The van der Waals surface area contributed by atoms with E-state index in [9.17, 15) is 9.18 Å². The molecule has 0 unspecified atom stereocenters. The van der Waals surface area contributed by atoms with Gasteiger partial charge in [0.25, 0.3) is 0 Å². The molecule has 8 heteroatoms. The van der Waals surface area contributed by atoms with Crippen molar-refractivity contribution in [1.29, 1.82) is 0 Å². The largest absolute Gasteiger partial charge is 0.465 e. The molecule has 0 atom stereocenters. The fourth-order valence-electron chi connectivity index (χ4n) is 1.98. The number of nitrogens with zero attached hydrogens (tertiary/aromatic N) is 2. The lowest BCUT2D eigenvalue weighted by molar-refractivity contribution is 0.0602. The zero-order valence-electron chi connectivity index (χ0n) is 11.3. The van der Waals surface area contributed by atoms with Crippen LogP contribution in [0.1, 0.15) is 10.4 Å². The van der Waals surface area contributed by atoms with Crippen molar-refractivity contribution in [3.8, 4) is 0 Å². The highest BCUT2D eigenvalue weighted by Crippen LogP contribution is 2.33. The molecule has 0 radical (unpaired) electrons. The van der Waals surface area contributed by atoms with Crippen molar-refractivity contribution in [2.24, 2.45) is 0 Å². The maximum atomic E-state index is 14.1. The summed E-state index contributed by atoms with van der Waals surface area (Å²) in [6.07, 6.45) is 0. The summed E-state index contributed by atoms with van der Waals surface area (Å²) in [5.74, 6) is -0.916. The van der Waals surface area contributed by atoms with E-state index in [1.165, 1.54) is 13.2 Å². The molecule has 1 aromatic heterocycles. The number of fused-ring (bicyclic) bond motifs is 1. The molecule has 2 aromatic carbocycles. The van der Waals surface area contributed by atoms with Crippen LogP contribution in [0.2, 0.25) is 0 Å². The first-order chi connectivity index (χ1) is 10.6. The Morgan fingerprint density at radius 2 is 2.18 bits per heavy atom. The van der Waals surface area contributed by atoms with E-state index in [1.54, 1.807) is 24.3 Å². The second-order valence-corrected chi connectivity index (χ2v) is 6.35. The summed E-state index contributed by atoms with van der Waals surface area (Å²) in [6, 6.07) is 8.06. The number of esters is 1. The van der Waals surface area contributed by atoms with Gasteiger partial charge in [-0.25, -0.2) is 9.18 Å². The first-order valence-electron chi connectivity index (χ1n) is 6.15. The van der Waals surface area contributed by atoms with Gasteiger partial charge in [0.15, 0.2) is 0 Å². The molecule has 112 valence electrons. The van der Waals surface area contributed by atoms with Crippen LogP contribution in [0.25, 0.3) is 10.2 Å². The minimum absolute atomic E-state index is 0.270. The number of hydrogen-bond donors (Lipinski definition) is 1. The van der Waals surface area contributed by atoms with E-state index >= 15 is 0 Å². The third-order valence-electron chi connectivity index (χ3n) is 3.01. The number of ether oxygens (including phenoxy) is 1. The molecule has 1 N–H and O–H groups in total. The molecule has 22 heavy (non-hydrogen) atoms. The van der Waals surface area contributed by atoms with Gasteiger partial charge in [-0.1, -0.05) is 4.49 Å². The van der Waals surface area contributed by atoms with Crippen molar-refractivity contribution in [3.63, 3.8) is 0 Å². The van der Waals surface area contributed by atoms with E-state index in [4.69, 9.17) is 4.74 Å². The Labute approximate surface area is 142 Å². The third kappa shape index (κ3) is 2.75. The van der Waals surface area contributed by atoms with Crippen molar-refractivity contribution in [3.05, 3.63) is 45.3 Å². The Morgan fingerprint density at radius 1 is 1.36 bits per heavy atom. The summed E-state index contributed by atoms with van der Waals surface area (Å²) in [5, 5.41) is 6.93. The lowest BCUT2D eigenvalue weighted by atomic mass is 10.1. The quantitative estimate of drug-likeness (QED) is 0.505. The molecule has 0 aliphatic carbocycles. The summed E-state index contributed by atoms with van der Waals surface area (Å²) in [6.45, 7) is 0. The van der Waals surface area contributed by atoms with Crippen molar-refractivity contribution in [1.82, 2.24) is 9.59 Å². The molecular weight excluding hydrogens is 420 g/mol. The van der Waals surface area contributed by atoms with Crippen molar-refractivity contribution >= 4 is 61.7 Å². The molecule has 0 spiro atoms. The predicted molar refractivity (Wildman–Crippen MR) is 91.2 cm³/mol. The van der Waals surface area contributed by atoms with Crippen LogP contribution in [0.4, 0.5) is 15.8 Å². The molecule has 0 bridgehead atoms. The van der Waals surface area contributed by atoms with Gasteiger partial charge in [-0.15, -0.1) is 5.10 Å². The topological polar surface area (TPSA) is 64.1 Å². The minimum Gasteiger partial charge on any atom is -0.465 e. The Balaban J connectivity index is 2.15. The molecule has 0 amide bonds. The number of methoxy groups -OCH3 is 1. The second kappa shape index (κ2) is 6.13. The summed E-state index contributed by atoms with van der Waals surface area (Å²) < 4.78 is 24.2. The van der Waals surface area contributed by atoms with Gasteiger partial charge >= 0.3 is 5.97 Å². The van der Waals surface area contributed by atoms with E-state index in [-0.39, 0.29) is 5.69 Å². The van der Waals surface area contributed by atoms with E-state index in [0.29, 0.717) is 21.5 Å². The molecule has 3 rings (SSSR count). The molecule has 0 aliphatic heterocycles. The van der Waals surface area contributed by atoms with Gasteiger partial charge in [-0.05, 0) is 64.5 Å². The fourth-order valence-corrected chi connectivity index (χ4v) is 3.10. The lowest BCUT2D eigenvalue weighted by Gasteiger charge is -2.12. The van der Waals surface area contributed by atoms with Crippen LogP contribution >= 0.6 is 34.1 Å². The zero-order valence-corrected chi connectivity index (χ0v) is 14.2. The molecule has 0 saturated carbocycles. The zero-order chi connectivity index (χ0) is 15.7. The lowest BCUT2D eigenvalue weighted by Crippen LogP contribution is -2.06. The van der Waals surface area contributed by atoms with Crippen LogP contribution in [-0.2, 0) is 4.74 Å². The maximum absolute atomic E-state index is 14.1. The number of hydrogen-bond acceptors (Lipinski definition) is 6. The monoisotopic (exact) mass is 429 g/mol. The average Bonchev–Trinajstić information content (AvgIpc) is 2.98. The Morgan fingerprint density at radius 3 is 2.91 bits per heavy atom. The number of carbonyl (C=O) groups excluding carboxylic acids is 1. The molecule has 0 fully saturated rings. The Kier molecular flexibility index (Phi) is 4.21. The highest BCUT2D eigenvalue weighted by atomic mass is 127. The van der Waals surface area contributed by atoms with E-state index in [2.05, 4.69) is 14.9 Å². The van der Waals surface area contributed by atoms with Crippen molar-refractivity contribution in [2.75, 3.05) is 12.4 Å². The SMILES string of the molecule is COC(=O)c1ccc2nnsc2c1Nc1ccc(I)cc1F. The standard InChI is InChI=1S/C14H9FIN3O2S/c1-21-14(20)8-3-5-11-13(22-19-18-11)12(8)17-10-4-2-7(16)6-9(10)15/h2-6,17H,1H3. The first kappa shape index (κ1) is 15.1. The third-order valence-corrected chi connectivity index (χ3v) is 4.44. The van der Waals surface area contributed by atoms with Gasteiger partial charge in [-0.3, -0.25) is 0 Å².